The topological polar surface area (TPSA) is 97.0 Å². The van der Waals surface area contributed by atoms with Crippen molar-refractivity contribution in [2.45, 2.75) is 26.1 Å². The van der Waals surface area contributed by atoms with Crippen molar-refractivity contribution in [1.82, 2.24) is 25.5 Å². The fourth-order valence-corrected chi connectivity index (χ4v) is 2.44. The van der Waals surface area contributed by atoms with Gasteiger partial charge < -0.3 is 20.1 Å². The number of anilines is 2. The van der Waals surface area contributed by atoms with Crippen LogP contribution in [0.1, 0.15) is 13.3 Å². The lowest BCUT2D eigenvalue weighted by Gasteiger charge is -2.29. The molecule has 0 radical (unpaired) electrons. The van der Waals surface area contributed by atoms with Crippen LogP contribution in [-0.2, 0) is 0 Å². The van der Waals surface area contributed by atoms with Gasteiger partial charge >= 0.3 is 6.61 Å². The summed E-state index contributed by atoms with van der Waals surface area (Å²) in [7, 11) is 0. The Morgan fingerprint density at radius 1 is 1.33 bits per heavy atom. The summed E-state index contributed by atoms with van der Waals surface area (Å²) >= 11 is 0. The standard InChI is InChI=1S/C14H18F2N6O2/c1-8-5-17-3-2-9(8)23-13-7-18-6-11(20-13)19-10-4-12(22-21-10)24-14(15)16/h4,6-9,14,17H,2-3,5H2,1H3,(H2,19,20,21,22)/t8-,9+/m1/s1. The van der Waals surface area contributed by atoms with Gasteiger partial charge in [0.2, 0.25) is 11.8 Å². The first-order valence-electron chi connectivity index (χ1n) is 7.57. The van der Waals surface area contributed by atoms with E-state index in [1.54, 1.807) is 0 Å². The van der Waals surface area contributed by atoms with Gasteiger partial charge in [0.05, 0.1) is 12.4 Å². The van der Waals surface area contributed by atoms with E-state index >= 15 is 0 Å². The summed E-state index contributed by atoms with van der Waals surface area (Å²) in [6.45, 7) is 0.990. The second kappa shape index (κ2) is 7.39. The lowest BCUT2D eigenvalue weighted by atomic mass is 9.98. The first-order chi connectivity index (χ1) is 11.6. The molecule has 0 aromatic carbocycles. The van der Waals surface area contributed by atoms with E-state index in [-0.39, 0.29) is 12.0 Å². The molecule has 0 unspecified atom stereocenters. The van der Waals surface area contributed by atoms with Crippen LogP contribution in [0, 0.1) is 5.92 Å². The number of hydrogen-bond donors (Lipinski definition) is 3. The summed E-state index contributed by atoms with van der Waals surface area (Å²) in [4.78, 5) is 8.39. The molecule has 130 valence electrons. The average Bonchev–Trinajstić information content (AvgIpc) is 2.96. The summed E-state index contributed by atoms with van der Waals surface area (Å²) in [5, 5.41) is 12.3. The molecular formula is C14H18F2N6O2. The predicted molar refractivity (Wildman–Crippen MR) is 81.6 cm³/mol. The third kappa shape index (κ3) is 4.28. The second-order valence-corrected chi connectivity index (χ2v) is 5.49. The molecule has 1 aliphatic rings. The molecule has 24 heavy (non-hydrogen) atoms. The molecule has 0 amide bonds. The highest BCUT2D eigenvalue weighted by molar-refractivity contribution is 5.51. The van der Waals surface area contributed by atoms with E-state index in [0.717, 1.165) is 19.5 Å². The minimum Gasteiger partial charge on any atom is -0.473 e. The molecule has 0 spiro atoms. The molecule has 3 rings (SSSR count). The number of H-pyrrole nitrogens is 1. The summed E-state index contributed by atoms with van der Waals surface area (Å²) < 4.78 is 34.3. The first-order valence-corrected chi connectivity index (χ1v) is 7.57. The Morgan fingerprint density at radius 3 is 3.00 bits per heavy atom. The van der Waals surface area contributed by atoms with Gasteiger partial charge in [0.25, 0.3) is 0 Å². The van der Waals surface area contributed by atoms with Crippen LogP contribution in [0.3, 0.4) is 0 Å². The van der Waals surface area contributed by atoms with E-state index in [1.165, 1.54) is 18.5 Å². The number of rotatable bonds is 6. The Bertz CT molecular complexity index is 668. The van der Waals surface area contributed by atoms with Crippen molar-refractivity contribution >= 4 is 11.6 Å². The van der Waals surface area contributed by atoms with Crippen molar-refractivity contribution < 1.29 is 18.3 Å². The van der Waals surface area contributed by atoms with Crippen LogP contribution in [0.2, 0.25) is 0 Å². The molecule has 2 atom stereocenters. The van der Waals surface area contributed by atoms with E-state index in [0.29, 0.717) is 23.4 Å². The fraction of sp³-hybridized carbons (Fsp3) is 0.500. The Morgan fingerprint density at radius 2 is 2.21 bits per heavy atom. The molecule has 2 aromatic rings. The molecule has 10 heteroatoms. The van der Waals surface area contributed by atoms with Gasteiger partial charge in [-0.15, -0.1) is 5.10 Å². The lowest BCUT2D eigenvalue weighted by molar-refractivity contribution is -0.0528. The number of aromatic amines is 1. The largest absolute Gasteiger partial charge is 0.473 e. The van der Waals surface area contributed by atoms with E-state index in [1.807, 2.05) is 0 Å². The molecule has 1 aliphatic heterocycles. The minimum absolute atomic E-state index is 0.0778. The van der Waals surface area contributed by atoms with Crippen LogP contribution in [0.5, 0.6) is 11.8 Å². The predicted octanol–water partition coefficient (Wildman–Crippen LogP) is 1.92. The molecular weight excluding hydrogens is 322 g/mol. The van der Waals surface area contributed by atoms with E-state index < -0.39 is 6.61 Å². The maximum atomic E-state index is 12.1. The highest BCUT2D eigenvalue weighted by Gasteiger charge is 2.23. The summed E-state index contributed by atoms with van der Waals surface area (Å²) in [6.07, 6.45) is 4.01. The van der Waals surface area contributed by atoms with Gasteiger partial charge in [0.15, 0.2) is 5.82 Å². The summed E-state index contributed by atoms with van der Waals surface area (Å²) in [6, 6.07) is 1.30. The molecule has 0 saturated carbocycles. The molecule has 0 bridgehead atoms. The molecule has 8 nitrogen and oxygen atoms in total. The monoisotopic (exact) mass is 340 g/mol. The zero-order valence-electron chi connectivity index (χ0n) is 13.0. The van der Waals surface area contributed by atoms with Gasteiger partial charge in [0.1, 0.15) is 11.9 Å². The van der Waals surface area contributed by atoms with Crippen LogP contribution in [0.15, 0.2) is 18.5 Å². The number of ether oxygens (including phenoxy) is 2. The second-order valence-electron chi connectivity index (χ2n) is 5.49. The highest BCUT2D eigenvalue weighted by Crippen LogP contribution is 2.21. The maximum Gasteiger partial charge on any atom is 0.388 e. The number of nitrogens with one attached hydrogen (secondary N) is 3. The molecule has 3 heterocycles. The van der Waals surface area contributed by atoms with Crippen LogP contribution in [-0.4, -0.2) is 46.0 Å². The van der Waals surface area contributed by atoms with Crippen LogP contribution >= 0.6 is 0 Å². The van der Waals surface area contributed by atoms with Gasteiger partial charge in [-0.1, -0.05) is 6.92 Å². The molecule has 3 N–H and O–H groups in total. The Labute approximate surface area is 137 Å². The van der Waals surface area contributed by atoms with Crippen molar-refractivity contribution in [1.29, 1.82) is 0 Å². The number of aromatic nitrogens is 4. The van der Waals surface area contributed by atoms with Gasteiger partial charge in [-0.3, -0.25) is 10.1 Å². The number of nitrogens with zero attached hydrogens (tertiary/aromatic N) is 3. The SMILES string of the molecule is C[C@@H]1CNCC[C@@H]1Oc1cncc(Nc2cc(OC(F)F)n[nH]2)n1. The van der Waals surface area contributed by atoms with Crippen molar-refractivity contribution in [3.05, 3.63) is 18.5 Å². The summed E-state index contributed by atoms with van der Waals surface area (Å²) in [5.74, 6) is 1.33. The van der Waals surface area contributed by atoms with Gasteiger partial charge in [-0.2, -0.15) is 13.8 Å². The van der Waals surface area contributed by atoms with Gasteiger partial charge in [-0.05, 0) is 13.0 Å². The van der Waals surface area contributed by atoms with Gasteiger partial charge in [0, 0.05) is 18.5 Å². The van der Waals surface area contributed by atoms with Crippen molar-refractivity contribution in [3.8, 4) is 11.8 Å². The molecule has 0 aliphatic carbocycles. The number of hydrogen-bond acceptors (Lipinski definition) is 7. The lowest BCUT2D eigenvalue weighted by Crippen LogP contribution is -2.41. The van der Waals surface area contributed by atoms with E-state index in [4.69, 9.17) is 4.74 Å². The van der Waals surface area contributed by atoms with Crippen molar-refractivity contribution in [2.75, 3.05) is 18.4 Å². The smallest absolute Gasteiger partial charge is 0.388 e. The molecule has 1 fully saturated rings. The normalized spacial score (nSPS) is 20.8. The van der Waals surface area contributed by atoms with E-state index in [9.17, 15) is 8.78 Å². The molecule has 2 aromatic heterocycles. The van der Waals surface area contributed by atoms with Gasteiger partial charge in [-0.25, -0.2) is 0 Å². The Kier molecular flexibility index (Phi) is 5.04. The van der Waals surface area contributed by atoms with Crippen LogP contribution in [0.25, 0.3) is 0 Å². The Hall–Kier alpha value is -2.49. The number of alkyl halides is 2. The Balaban J connectivity index is 1.63. The van der Waals surface area contributed by atoms with Crippen molar-refractivity contribution in [3.63, 3.8) is 0 Å². The summed E-state index contributed by atoms with van der Waals surface area (Å²) in [5.41, 5.74) is 0. The minimum atomic E-state index is -2.93. The average molecular weight is 340 g/mol. The van der Waals surface area contributed by atoms with Crippen LogP contribution in [0.4, 0.5) is 20.4 Å². The fourth-order valence-electron chi connectivity index (χ4n) is 2.44. The quantitative estimate of drug-likeness (QED) is 0.739. The van der Waals surface area contributed by atoms with Crippen molar-refractivity contribution in [2.24, 2.45) is 5.92 Å². The molecule has 1 saturated heterocycles. The highest BCUT2D eigenvalue weighted by atomic mass is 19.3. The zero-order valence-corrected chi connectivity index (χ0v) is 13.0. The number of piperidine rings is 1. The maximum absolute atomic E-state index is 12.1. The zero-order chi connectivity index (χ0) is 16.9. The van der Waals surface area contributed by atoms with Crippen LogP contribution < -0.4 is 20.1 Å². The van der Waals surface area contributed by atoms with E-state index in [2.05, 4.69) is 42.5 Å². The number of halogens is 2. The third-order valence-electron chi connectivity index (χ3n) is 3.62. The first kappa shape index (κ1) is 16.4. The third-order valence-corrected chi connectivity index (χ3v) is 3.62.